The highest BCUT2D eigenvalue weighted by atomic mass is 16.2. The summed E-state index contributed by atoms with van der Waals surface area (Å²) in [6.45, 7) is 4.11. The van der Waals surface area contributed by atoms with Crippen molar-refractivity contribution < 1.29 is 4.79 Å². The molecule has 1 saturated heterocycles. The summed E-state index contributed by atoms with van der Waals surface area (Å²) < 4.78 is 0. The molecule has 98 valence electrons. The van der Waals surface area contributed by atoms with Gasteiger partial charge in [0, 0.05) is 18.7 Å². The van der Waals surface area contributed by atoms with Crippen LogP contribution in [0.3, 0.4) is 0 Å². The van der Waals surface area contributed by atoms with Crippen LogP contribution in [0.2, 0.25) is 0 Å². The number of hydrogen-bond acceptors (Lipinski definition) is 1. The number of piperidine rings is 1. The maximum atomic E-state index is 12.2. The summed E-state index contributed by atoms with van der Waals surface area (Å²) >= 11 is 0. The summed E-state index contributed by atoms with van der Waals surface area (Å²) in [6, 6.07) is 9.63. The zero-order valence-electron chi connectivity index (χ0n) is 11.3. The van der Waals surface area contributed by atoms with Gasteiger partial charge < -0.3 is 4.90 Å². The minimum absolute atomic E-state index is 0.199. The number of rotatable bonds is 4. The molecule has 0 atom stereocenters. The first-order valence-corrected chi connectivity index (χ1v) is 7.15. The molecule has 1 aromatic carbocycles. The Morgan fingerprint density at radius 1 is 1.22 bits per heavy atom. The van der Waals surface area contributed by atoms with Crippen molar-refractivity contribution in [2.45, 2.75) is 39.0 Å². The van der Waals surface area contributed by atoms with E-state index in [2.05, 4.69) is 6.92 Å². The van der Waals surface area contributed by atoms with Crippen molar-refractivity contribution in [1.29, 1.82) is 0 Å². The van der Waals surface area contributed by atoms with E-state index in [1.54, 1.807) is 0 Å². The van der Waals surface area contributed by atoms with E-state index in [0.717, 1.165) is 24.6 Å². The smallest absolute Gasteiger partial charge is 0.253 e. The average molecular weight is 245 g/mol. The zero-order valence-corrected chi connectivity index (χ0v) is 11.3. The standard InChI is InChI=1S/C16H23NO/c1-2-3-7-14-10-12-17(13-11-14)16(18)15-8-5-4-6-9-15/h4-6,8-9,14H,2-3,7,10-13H2,1H3. The Bertz CT molecular complexity index is 366. The molecule has 1 heterocycles. The fraction of sp³-hybridized carbons (Fsp3) is 0.562. The Morgan fingerprint density at radius 3 is 2.50 bits per heavy atom. The predicted octanol–water partition coefficient (Wildman–Crippen LogP) is 3.73. The molecular formula is C16H23NO. The minimum atomic E-state index is 0.199. The molecule has 1 fully saturated rings. The maximum Gasteiger partial charge on any atom is 0.253 e. The monoisotopic (exact) mass is 245 g/mol. The van der Waals surface area contributed by atoms with E-state index in [4.69, 9.17) is 0 Å². The molecule has 2 rings (SSSR count). The first kappa shape index (κ1) is 13.1. The quantitative estimate of drug-likeness (QED) is 0.791. The molecule has 0 unspecified atom stereocenters. The lowest BCUT2D eigenvalue weighted by molar-refractivity contribution is 0.0686. The van der Waals surface area contributed by atoms with Gasteiger partial charge in [-0.1, -0.05) is 44.4 Å². The van der Waals surface area contributed by atoms with Gasteiger partial charge in [0.05, 0.1) is 0 Å². The van der Waals surface area contributed by atoms with E-state index in [1.807, 2.05) is 35.2 Å². The fourth-order valence-electron chi connectivity index (χ4n) is 2.68. The molecule has 2 heteroatoms. The van der Waals surface area contributed by atoms with Gasteiger partial charge in [-0.25, -0.2) is 0 Å². The summed E-state index contributed by atoms with van der Waals surface area (Å²) in [5.74, 6) is 1.04. The van der Waals surface area contributed by atoms with Crippen molar-refractivity contribution in [2.75, 3.05) is 13.1 Å². The molecular weight excluding hydrogens is 222 g/mol. The second-order valence-electron chi connectivity index (χ2n) is 5.24. The molecule has 0 spiro atoms. The Labute approximate surface area is 110 Å². The molecule has 0 N–H and O–H groups in total. The summed E-state index contributed by atoms with van der Waals surface area (Å²) in [6.07, 6.45) is 6.31. The van der Waals surface area contributed by atoms with E-state index in [9.17, 15) is 4.79 Å². The van der Waals surface area contributed by atoms with Crippen molar-refractivity contribution in [3.63, 3.8) is 0 Å². The highest BCUT2D eigenvalue weighted by Gasteiger charge is 2.22. The first-order chi connectivity index (χ1) is 8.81. The molecule has 0 aliphatic carbocycles. The van der Waals surface area contributed by atoms with Gasteiger partial charge in [-0.3, -0.25) is 4.79 Å². The van der Waals surface area contributed by atoms with Gasteiger partial charge in [-0.05, 0) is 30.9 Å². The third-order valence-electron chi connectivity index (χ3n) is 3.89. The molecule has 0 bridgehead atoms. The molecule has 0 radical (unpaired) electrons. The Kier molecular flexibility index (Phi) is 4.80. The molecule has 0 saturated carbocycles. The van der Waals surface area contributed by atoms with Crippen molar-refractivity contribution in [2.24, 2.45) is 5.92 Å². The highest BCUT2D eigenvalue weighted by molar-refractivity contribution is 5.94. The van der Waals surface area contributed by atoms with E-state index in [0.29, 0.717) is 0 Å². The minimum Gasteiger partial charge on any atom is -0.339 e. The van der Waals surface area contributed by atoms with E-state index < -0.39 is 0 Å². The summed E-state index contributed by atoms with van der Waals surface area (Å²) in [5, 5.41) is 0. The third-order valence-corrected chi connectivity index (χ3v) is 3.89. The fourth-order valence-corrected chi connectivity index (χ4v) is 2.68. The number of carbonyl (C=O) groups is 1. The number of carbonyl (C=O) groups excluding carboxylic acids is 1. The normalized spacial score (nSPS) is 16.8. The van der Waals surface area contributed by atoms with Gasteiger partial charge in [-0.15, -0.1) is 0 Å². The largest absolute Gasteiger partial charge is 0.339 e. The van der Waals surface area contributed by atoms with Gasteiger partial charge in [0.2, 0.25) is 0 Å². The number of likely N-dealkylation sites (tertiary alicyclic amines) is 1. The van der Waals surface area contributed by atoms with Crippen molar-refractivity contribution in [3.8, 4) is 0 Å². The number of nitrogens with zero attached hydrogens (tertiary/aromatic N) is 1. The van der Waals surface area contributed by atoms with Gasteiger partial charge in [-0.2, -0.15) is 0 Å². The molecule has 2 nitrogen and oxygen atoms in total. The van der Waals surface area contributed by atoms with Gasteiger partial charge in [0.1, 0.15) is 0 Å². The zero-order chi connectivity index (χ0) is 12.8. The first-order valence-electron chi connectivity index (χ1n) is 7.15. The van der Waals surface area contributed by atoms with E-state index >= 15 is 0 Å². The Hall–Kier alpha value is -1.31. The number of unbranched alkanes of at least 4 members (excludes halogenated alkanes) is 1. The summed E-state index contributed by atoms with van der Waals surface area (Å²) in [7, 11) is 0. The van der Waals surface area contributed by atoms with Crippen molar-refractivity contribution in [3.05, 3.63) is 35.9 Å². The molecule has 0 aromatic heterocycles. The van der Waals surface area contributed by atoms with Crippen LogP contribution in [-0.2, 0) is 0 Å². The predicted molar refractivity (Wildman–Crippen MR) is 74.6 cm³/mol. The third kappa shape index (κ3) is 3.34. The Balaban J connectivity index is 1.84. The lowest BCUT2D eigenvalue weighted by Gasteiger charge is -2.32. The molecule has 1 aliphatic rings. The lowest BCUT2D eigenvalue weighted by Crippen LogP contribution is -2.38. The van der Waals surface area contributed by atoms with Crippen molar-refractivity contribution >= 4 is 5.91 Å². The van der Waals surface area contributed by atoms with Crippen LogP contribution < -0.4 is 0 Å². The number of amides is 1. The van der Waals surface area contributed by atoms with E-state index in [-0.39, 0.29) is 5.91 Å². The van der Waals surface area contributed by atoms with Crippen LogP contribution >= 0.6 is 0 Å². The highest BCUT2D eigenvalue weighted by Crippen LogP contribution is 2.23. The van der Waals surface area contributed by atoms with Crippen LogP contribution in [-0.4, -0.2) is 23.9 Å². The van der Waals surface area contributed by atoms with Crippen LogP contribution in [0, 0.1) is 5.92 Å². The second kappa shape index (κ2) is 6.58. The van der Waals surface area contributed by atoms with Crippen LogP contribution in [0.1, 0.15) is 49.4 Å². The number of hydrogen-bond donors (Lipinski definition) is 0. The van der Waals surface area contributed by atoms with E-state index in [1.165, 1.54) is 32.1 Å². The van der Waals surface area contributed by atoms with Crippen molar-refractivity contribution in [1.82, 2.24) is 4.90 Å². The van der Waals surface area contributed by atoms with Crippen LogP contribution in [0.15, 0.2) is 30.3 Å². The maximum absolute atomic E-state index is 12.2. The van der Waals surface area contributed by atoms with Crippen LogP contribution in [0.5, 0.6) is 0 Å². The molecule has 1 amide bonds. The lowest BCUT2D eigenvalue weighted by atomic mass is 9.91. The molecule has 18 heavy (non-hydrogen) atoms. The summed E-state index contributed by atoms with van der Waals surface area (Å²) in [5.41, 5.74) is 0.824. The summed E-state index contributed by atoms with van der Waals surface area (Å²) in [4.78, 5) is 14.3. The Morgan fingerprint density at radius 2 is 1.89 bits per heavy atom. The topological polar surface area (TPSA) is 20.3 Å². The average Bonchev–Trinajstić information content (AvgIpc) is 2.46. The van der Waals surface area contributed by atoms with Crippen LogP contribution in [0.4, 0.5) is 0 Å². The van der Waals surface area contributed by atoms with Gasteiger partial charge in [0.25, 0.3) is 5.91 Å². The van der Waals surface area contributed by atoms with Crippen LogP contribution in [0.25, 0.3) is 0 Å². The molecule has 1 aliphatic heterocycles. The van der Waals surface area contributed by atoms with Gasteiger partial charge in [0.15, 0.2) is 0 Å². The number of benzene rings is 1. The second-order valence-corrected chi connectivity index (χ2v) is 5.24. The van der Waals surface area contributed by atoms with Gasteiger partial charge >= 0.3 is 0 Å². The SMILES string of the molecule is CCCCC1CCN(C(=O)c2ccccc2)CC1. The molecule has 1 aromatic rings.